The van der Waals surface area contributed by atoms with E-state index in [0.29, 0.717) is 32.1 Å². The maximum absolute atomic E-state index is 12.3. The van der Waals surface area contributed by atoms with Crippen molar-refractivity contribution in [3.8, 4) is 5.75 Å². The molecule has 23 heavy (non-hydrogen) atoms. The number of carbonyl (C=O) groups is 2. The van der Waals surface area contributed by atoms with Crippen LogP contribution in [0, 0.1) is 0 Å². The van der Waals surface area contributed by atoms with Crippen LogP contribution in [0.1, 0.15) is 25.5 Å². The Morgan fingerprint density at radius 2 is 2.13 bits per heavy atom. The Morgan fingerprint density at radius 1 is 1.43 bits per heavy atom. The second-order valence-electron chi connectivity index (χ2n) is 4.80. The number of hydrogen-bond acceptors (Lipinski definition) is 4. The highest BCUT2D eigenvalue weighted by atomic mass is 79.9. The van der Waals surface area contributed by atoms with E-state index in [0.717, 1.165) is 0 Å². The van der Waals surface area contributed by atoms with E-state index in [4.69, 9.17) is 21.1 Å². The standard InChI is InChI=1S/C15H16BrClN2O4/c1-4-23-14(20)11-7(2)18-15(21)19-12(11)9-5-8(17)6-10(16)13(9)22-3/h5-6,12H,4H2,1-3H3,(H2,18,19,21). The minimum Gasteiger partial charge on any atom is -0.495 e. The Labute approximate surface area is 147 Å². The van der Waals surface area contributed by atoms with Crippen molar-refractivity contribution < 1.29 is 19.1 Å². The van der Waals surface area contributed by atoms with Gasteiger partial charge in [-0.15, -0.1) is 0 Å². The molecule has 8 heteroatoms. The van der Waals surface area contributed by atoms with Gasteiger partial charge in [0.1, 0.15) is 5.75 Å². The first-order chi connectivity index (χ1) is 10.9. The van der Waals surface area contributed by atoms with Crippen LogP contribution in [0.5, 0.6) is 5.75 Å². The van der Waals surface area contributed by atoms with E-state index in [-0.39, 0.29) is 6.61 Å². The zero-order valence-corrected chi connectivity index (χ0v) is 15.2. The van der Waals surface area contributed by atoms with E-state index in [9.17, 15) is 9.59 Å². The van der Waals surface area contributed by atoms with Gasteiger partial charge in [0.15, 0.2) is 0 Å². The van der Waals surface area contributed by atoms with Crippen LogP contribution in [0.3, 0.4) is 0 Å². The summed E-state index contributed by atoms with van der Waals surface area (Å²) in [5.41, 5.74) is 1.29. The summed E-state index contributed by atoms with van der Waals surface area (Å²) in [5, 5.41) is 5.74. The number of carbonyl (C=O) groups excluding carboxylic acids is 2. The number of esters is 1. The van der Waals surface area contributed by atoms with E-state index < -0.39 is 18.0 Å². The molecular weight excluding hydrogens is 388 g/mol. The van der Waals surface area contributed by atoms with Gasteiger partial charge in [-0.3, -0.25) is 0 Å². The van der Waals surface area contributed by atoms with Crippen molar-refractivity contribution in [3.05, 3.63) is 38.5 Å². The monoisotopic (exact) mass is 402 g/mol. The Kier molecular flexibility index (Phi) is 5.54. The molecule has 2 rings (SSSR count). The van der Waals surface area contributed by atoms with Crippen LogP contribution in [0.2, 0.25) is 5.02 Å². The van der Waals surface area contributed by atoms with Crippen LogP contribution in [-0.4, -0.2) is 25.7 Å². The molecule has 124 valence electrons. The first kappa shape index (κ1) is 17.6. The maximum atomic E-state index is 12.3. The summed E-state index contributed by atoms with van der Waals surface area (Å²) in [6, 6.07) is 2.17. The summed E-state index contributed by atoms with van der Waals surface area (Å²) in [7, 11) is 1.50. The van der Waals surface area contributed by atoms with Crippen LogP contribution in [0.25, 0.3) is 0 Å². The number of benzene rings is 1. The Morgan fingerprint density at radius 3 is 2.74 bits per heavy atom. The molecular formula is C15H16BrClN2O4. The van der Waals surface area contributed by atoms with E-state index in [1.807, 2.05) is 0 Å². The molecule has 0 radical (unpaired) electrons. The summed E-state index contributed by atoms with van der Waals surface area (Å²) in [6.07, 6.45) is 0. The zero-order chi connectivity index (χ0) is 17.1. The molecule has 1 atom stereocenters. The van der Waals surface area contributed by atoms with Crippen LogP contribution >= 0.6 is 27.5 Å². The van der Waals surface area contributed by atoms with E-state index in [1.54, 1.807) is 26.0 Å². The van der Waals surface area contributed by atoms with Crippen molar-refractivity contribution in [2.24, 2.45) is 0 Å². The second-order valence-corrected chi connectivity index (χ2v) is 6.09. The van der Waals surface area contributed by atoms with Crippen molar-refractivity contribution in [2.75, 3.05) is 13.7 Å². The highest BCUT2D eigenvalue weighted by Gasteiger charge is 2.34. The largest absolute Gasteiger partial charge is 0.495 e. The smallest absolute Gasteiger partial charge is 0.338 e. The number of allylic oxidation sites excluding steroid dienone is 1. The van der Waals surface area contributed by atoms with Crippen LogP contribution < -0.4 is 15.4 Å². The highest BCUT2D eigenvalue weighted by molar-refractivity contribution is 9.10. The zero-order valence-electron chi connectivity index (χ0n) is 12.8. The lowest BCUT2D eigenvalue weighted by molar-refractivity contribution is -0.139. The molecule has 0 aliphatic carbocycles. The third kappa shape index (κ3) is 3.61. The predicted molar refractivity (Wildman–Crippen MR) is 89.4 cm³/mol. The lowest BCUT2D eigenvalue weighted by atomic mass is 9.95. The van der Waals surface area contributed by atoms with Crippen LogP contribution in [0.15, 0.2) is 27.9 Å². The first-order valence-electron chi connectivity index (χ1n) is 6.87. The number of methoxy groups -OCH3 is 1. The average Bonchev–Trinajstić information content (AvgIpc) is 2.45. The van der Waals surface area contributed by atoms with Crippen molar-refractivity contribution in [3.63, 3.8) is 0 Å². The van der Waals surface area contributed by atoms with Crippen molar-refractivity contribution >= 4 is 39.5 Å². The lowest BCUT2D eigenvalue weighted by Gasteiger charge is -2.29. The molecule has 1 aliphatic heterocycles. The van der Waals surface area contributed by atoms with Gasteiger partial charge in [-0.2, -0.15) is 0 Å². The number of amides is 2. The van der Waals surface area contributed by atoms with Gasteiger partial charge in [-0.05, 0) is 41.9 Å². The van der Waals surface area contributed by atoms with E-state index in [2.05, 4.69) is 26.6 Å². The minimum absolute atomic E-state index is 0.229. The minimum atomic E-state index is -0.729. The summed E-state index contributed by atoms with van der Waals surface area (Å²) in [6.45, 7) is 3.59. The molecule has 0 saturated heterocycles. The third-order valence-corrected chi connectivity index (χ3v) is 4.12. The molecule has 1 aromatic carbocycles. The number of urea groups is 1. The molecule has 1 unspecified atom stereocenters. The van der Waals surface area contributed by atoms with Gasteiger partial charge >= 0.3 is 12.0 Å². The van der Waals surface area contributed by atoms with Gasteiger partial charge in [0.05, 0.1) is 29.8 Å². The first-order valence-corrected chi connectivity index (χ1v) is 8.04. The number of hydrogen-bond donors (Lipinski definition) is 2. The maximum Gasteiger partial charge on any atom is 0.338 e. The molecule has 2 amide bonds. The normalized spacial score (nSPS) is 17.4. The third-order valence-electron chi connectivity index (χ3n) is 3.32. The number of nitrogens with one attached hydrogen (secondary N) is 2. The molecule has 0 saturated carbocycles. The SMILES string of the molecule is CCOC(=O)C1=C(C)NC(=O)NC1c1cc(Cl)cc(Br)c1OC. The Balaban J connectivity index is 2.61. The average molecular weight is 404 g/mol. The number of ether oxygens (including phenoxy) is 2. The molecule has 0 bridgehead atoms. The van der Waals surface area contributed by atoms with E-state index >= 15 is 0 Å². The lowest BCUT2D eigenvalue weighted by Crippen LogP contribution is -2.45. The molecule has 1 aromatic rings. The van der Waals surface area contributed by atoms with Gasteiger partial charge in [0.2, 0.25) is 0 Å². The van der Waals surface area contributed by atoms with Crippen molar-refractivity contribution in [2.45, 2.75) is 19.9 Å². The summed E-state index contributed by atoms with van der Waals surface area (Å²) < 4.78 is 11.1. The van der Waals surface area contributed by atoms with E-state index in [1.165, 1.54) is 7.11 Å². The fourth-order valence-corrected chi connectivity index (χ4v) is 3.41. The molecule has 2 N–H and O–H groups in total. The van der Waals surface area contributed by atoms with Crippen molar-refractivity contribution in [1.82, 2.24) is 10.6 Å². The van der Waals surface area contributed by atoms with Crippen LogP contribution in [0.4, 0.5) is 4.79 Å². The number of rotatable bonds is 4. The van der Waals surface area contributed by atoms with Gasteiger partial charge in [0, 0.05) is 16.3 Å². The molecule has 1 aliphatic rings. The Hall–Kier alpha value is -1.73. The second kappa shape index (κ2) is 7.23. The Bertz CT molecular complexity index is 690. The fraction of sp³-hybridized carbons (Fsp3) is 0.333. The molecule has 0 aromatic heterocycles. The predicted octanol–water partition coefficient (Wildman–Crippen LogP) is 3.30. The van der Waals surface area contributed by atoms with Crippen molar-refractivity contribution in [1.29, 1.82) is 0 Å². The molecule has 1 heterocycles. The summed E-state index contributed by atoms with van der Waals surface area (Å²) in [4.78, 5) is 24.2. The highest BCUT2D eigenvalue weighted by Crippen LogP contribution is 2.39. The van der Waals surface area contributed by atoms with Gasteiger partial charge in [0.25, 0.3) is 0 Å². The van der Waals surface area contributed by atoms with Crippen LogP contribution in [-0.2, 0) is 9.53 Å². The van der Waals surface area contributed by atoms with Gasteiger partial charge in [-0.25, -0.2) is 9.59 Å². The molecule has 0 spiro atoms. The number of halogens is 2. The topological polar surface area (TPSA) is 76.7 Å². The molecule has 0 fully saturated rings. The van der Waals surface area contributed by atoms with Gasteiger partial charge < -0.3 is 20.1 Å². The quantitative estimate of drug-likeness (QED) is 0.756. The summed E-state index contributed by atoms with van der Waals surface area (Å²) in [5.74, 6) is -0.0307. The summed E-state index contributed by atoms with van der Waals surface area (Å²) >= 11 is 9.49. The fourth-order valence-electron chi connectivity index (χ4n) is 2.42. The van der Waals surface area contributed by atoms with Gasteiger partial charge in [-0.1, -0.05) is 11.6 Å². The molecule has 6 nitrogen and oxygen atoms in total.